The summed E-state index contributed by atoms with van der Waals surface area (Å²) in [5, 5.41) is 17.0. The van der Waals surface area contributed by atoms with Gasteiger partial charge in [0.2, 0.25) is 0 Å². The summed E-state index contributed by atoms with van der Waals surface area (Å²) in [7, 11) is 0. The molecule has 72 valence electrons. The Morgan fingerprint density at radius 1 is 1.42 bits per heavy atom. The van der Waals surface area contributed by atoms with Crippen LogP contribution in [0.3, 0.4) is 0 Å². The second kappa shape index (κ2) is 5.48. The molecule has 1 atom stereocenters. The summed E-state index contributed by atoms with van der Waals surface area (Å²) in [6, 6.07) is 0. The number of quaternary nitrogens is 1. The monoisotopic (exact) mass is 173 g/mol. The van der Waals surface area contributed by atoms with E-state index in [2.05, 4.69) is 12.2 Å². The SMILES string of the molecule is CCCC[NH+]([O-])N1CCNCC1. The highest BCUT2D eigenvalue weighted by molar-refractivity contribution is 4.59. The van der Waals surface area contributed by atoms with Crippen molar-refractivity contribution < 1.29 is 5.17 Å². The van der Waals surface area contributed by atoms with Crippen molar-refractivity contribution in [2.45, 2.75) is 19.8 Å². The van der Waals surface area contributed by atoms with Crippen LogP contribution in [0, 0.1) is 5.21 Å². The molecule has 0 radical (unpaired) electrons. The van der Waals surface area contributed by atoms with Crippen LogP contribution in [0.5, 0.6) is 0 Å². The maximum atomic E-state index is 11.5. The van der Waals surface area contributed by atoms with E-state index in [0.29, 0.717) is 5.17 Å². The molecular formula is C8H19N3O. The van der Waals surface area contributed by atoms with Crippen LogP contribution in [0.1, 0.15) is 19.8 Å². The van der Waals surface area contributed by atoms with Crippen LogP contribution in [-0.4, -0.2) is 37.7 Å². The van der Waals surface area contributed by atoms with Gasteiger partial charge in [-0.25, -0.2) is 0 Å². The molecule has 0 saturated carbocycles. The van der Waals surface area contributed by atoms with Crippen molar-refractivity contribution in [3.63, 3.8) is 0 Å². The summed E-state index contributed by atoms with van der Waals surface area (Å²) in [5.74, 6) is 0. The van der Waals surface area contributed by atoms with Gasteiger partial charge in [-0.05, 0) is 6.42 Å². The van der Waals surface area contributed by atoms with E-state index >= 15 is 0 Å². The van der Waals surface area contributed by atoms with Gasteiger partial charge in [0.25, 0.3) is 0 Å². The Morgan fingerprint density at radius 3 is 2.67 bits per heavy atom. The fraction of sp³-hybridized carbons (Fsp3) is 1.00. The number of rotatable bonds is 4. The fourth-order valence-corrected chi connectivity index (χ4v) is 1.40. The van der Waals surface area contributed by atoms with Crippen LogP contribution in [0.15, 0.2) is 0 Å². The Bertz CT molecular complexity index is 115. The topological polar surface area (TPSA) is 42.8 Å². The van der Waals surface area contributed by atoms with Crippen LogP contribution >= 0.6 is 0 Å². The highest BCUT2D eigenvalue weighted by Gasteiger charge is 2.14. The molecule has 12 heavy (non-hydrogen) atoms. The first-order valence-electron chi connectivity index (χ1n) is 4.83. The Kier molecular flexibility index (Phi) is 4.53. The van der Waals surface area contributed by atoms with E-state index in [9.17, 15) is 5.21 Å². The summed E-state index contributed by atoms with van der Waals surface area (Å²) < 4.78 is 0. The fourth-order valence-electron chi connectivity index (χ4n) is 1.40. The maximum absolute atomic E-state index is 11.5. The van der Waals surface area contributed by atoms with E-state index in [4.69, 9.17) is 0 Å². The molecule has 0 spiro atoms. The Balaban J connectivity index is 2.15. The minimum absolute atomic E-state index is 0.332. The summed E-state index contributed by atoms with van der Waals surface area (Å²) in [6.45, 7) is 6.54. The second-order valence-electron chi connectivity index (χ2n) is 3.23. The minimum Gasteiger partial charge on any atom is -0.613 e. The van der Waals surface area contributed by atoms with Crippen molar-refractivity contribution in [3.8, 4) is 0 Å². The molecule has 0 aromatic carbocycles. The number of nitrogens with one attached hydrogen (secondary N) is 2. The number of unbranched alkanes of at least 4 members (excludes halogenated alkanes) is 1. The van der Waals surface area contributed by atoms with Crippen molar-refractivity contribution in [2.75, 3.05) is 32.7 Å². The predicted molar refractivity (Wildman–Crippen MR) is 48.5 cm³/mol. The molecule has 1 aliphatic heterocycles. The van der Waals surface area contributed by atoms with Gasteiger partial charge < -0.3 is 10.5 Å². The van der Waals surface area contributed by atoms with Crippen LogP contribution in [-0.2, 0) is 0 Å². The van der Waals surface area contributed by atoms with E-state index in [1.165, 1.54) is 0 Å². The third-order valence-corrected chi connectivity index (χ3v) is 2.21. The largest absolute Gasteiger partial charge is 0.613 e. The average Bonchev–Trinajstić information content (AvgIpc) is 2.15. The first-order chi connectivity index (χ1) is 5.84. The summed E-state index contributed by atoms with van der Waals surface area (Å²) in [5.41, 5.74) is 0. The maximum Gasteiger partial charge on any atom is 0.0945 e. The standard InChI is InChI=1S/C8H19N3O/c1-2-3-6-11(12)10-7-4-9-5-8-10/h9,11H,2-8H2,1H3. The number of nitrogens with zero attached hydrogens (tertiary/aromatic N) is 1. The van der Waals surface area contributed by atoms with Crippen LogP contribution in [0.2, 0.25) is 0 Å². The second-order valence-corrected chi connectivity index (χ2v) is 3.23. The molecule has 4 heteroatoms. The zero-order valence-electron chi connectivity index (χ0n) is 7.81. The molecule has 1 saturated heterocycles. The molecule has 1 aliphatic rings. The van der Waals surface area contributed by atoms with Gasteiger partial charge in [0.15, 0.2) is 0 Å². The minimum atomic E-state index is 0.332. The molecule has 2 N–H and O–H groups in total. The van der Waals surface area contributed by atoms with Gasteiger partial charge in [-0.3, -0.25) is 5.17 Å². The van der Waals surface area contributed by atoms with E-state index in [-0.39, 0.29) is 0 Å². The molecule has 0 aromatic rings. The Labute approximate surface area is 74.1 Å². The first-order valence-corrected chi connectivity index (χ1v) is 4.83. The first kappa shape index (κ1) is 9.92. The van der Waals surface area contributed by atoms with Crippen LogP contribution in [0.25, 0.3) is 0 Å². The lowest BCUT2D eigenvalue weighted by molar-refractivity contribution is -0.973. The highest BCUT2D eigenvalue weighted by Crippen LogP contribution is 1.84. The van der Waals surface area contributed by atoms with Gasteiger partial charge in [0.1, 0.15) is 0 Å². The predicted octanol–water partition coefficient (Wildman–Crippen LogP) is -1.01. The molecule has 0 bridgehead atoms. The van der Waals surface area contributed by atoms with E-state index in [1.54, 1.807) is 0 Å². The molecule has 0 aliphatic carbocycles. The number of hydrogen-bond donors (Lipinski definition) is 2. The lowest BCUT2D eigenvalue weighted by atomic mass is 10.3. The zero-order valence-corrected chi connectivity index (χ0v) is 7.81. The zero-order chi connectivity index (χ0) is 8.81. The van der Waals surface area contributed by atoms with Crippen molar-refractivity contribution >= 4 is 0 Å². The molecule has 4 nitrogen and oxygen atoms in total. The summed E-state index contributed by atoms with van der Waals surface area (Å²) in [4.78, 5) is 0. The quantitative estimate of drug-likeness (QED) is 0.535. The smallest absolute Gasteiger partial charge is 0.0945 e. The third kappa shape index (κ3) is 3.06. The molecule has 1 rings (SSSR count). The molecule has 1 unspecified atom stereocenters. The number of hydrogen-bond acceptors (Lipinski definition) is 3. The van der Waals surface area contributed by atoms with Gasteiger partial charge in [-0.2, -0.15) is 5.01 Å². The van der Waals surface area contributed by atoms with Crippen molar-refractivity contribution in [1.29, 1.82) is 0 Å². The number of hydroxylamine groups is 1. The average molecular weight is 173 g/mol. The van der Waals surface area contributed by atoms with Crippen LogP contribution in [0.4, 0.5) is 0 Å². The van der Waals surface area contributed by atoms with Crippen molar-refractivity contribution in [3.05, 3.63) is 5.21 Å². The van der Waals surface area contributed by atoms with Gasteiger partial charge in [-0.15, -0.1) is 0 Å². The summed E-state index contributed by atoms with van der Waals surface area (Å²) >= 11 is 0. The van der Waals surface area contributed by atoms with Gasteiger partial charge in [0.05, 0.1) is 19.6 Å². The Morgan fingerprint density at radius 2 is 2.08 bits per heavy atom. The van der Waals surface area contributed by atoms with E-state index in [0.717, 1.165) is 45.6 Å². The normalized spacial score (nSPS) is 22.5. The third-order valence-electron chi connectivity index (χ3n) is 2.21. The van der Waals surface area contributed by atoms with Crippen LogP contribution < -0.4 is 10.5 Å². The van der Waals surface area contributed by atoms with Crippen molar-refractivity contribution in [1.82, 2.24) is 10.3 Å². The molecular weight excluding hydrogens is 154 g/mol. The molecule has 1 heterocycles. The molecule has 0 aromatic heterocycles. The lowest BCUT2D eigenvalue weighted by Gasteiger charge is -2.36. The van der Waals surface area contributed by atoms with Gasteiger partial charge in [-0.1, -0.05) is 13.3 Å². The van der Waals surface area contributed by atoms with Gasteiger partial charge in [0, 0.05) is 13.1 Å². The summed E-state index contributed by atoms with van der Waals surface area (Å²) in [6.07, 6.45) is 2.14. The van der Waals surface area contributed by atoms with Gasteiger partial charge >= 0.3 is 0 Å². The van der Waals surface area contributed by atoms with E-state index < -0.39 is 0 Å². The molecule has 1 fully saturated rings. The van der Waals surface area contributed by atoms with E-state index in [1.807, 2.05) is 5.01 Å². The highest BCUT2D eigenvalue weighted by atomic mass is 16.5. The Hall–Kier alpha value is -0.160. The lowest BCUT2D eigenvalue weighted by Crippen LogP contribution is -3.14. The van der Waals surface area contributed by atoms with Crippen molar-refractivity contribution in [2.24, 2.45) is 0 Å². The molecule has 0 amide bonds. The number of piperazine rings is 1.